The number of imide groups is 1. The largest absolute Gasteiger partial charge is 0.377 e. The SMILES string of the molecule is Cc1ccc(NC(=O)CN2C(=O)SC(=Cc3ccc(N(C)C)c(Br)c3)C2=O)cc1. The summed E-state index contributed by atoms with van der Waals surface area (Å²) in [4.78, 5) is 40.4. The molecular weight excluding hydrogens is 454 g/mol. The number of rotatable bonds is 5. The topological polar surface area (TPSA) is 69.7 Å². The number of hydrogen-bond donors (Lipinski definition) is 1. The first-order valence-electron chi connectivity index (χ1n) is 8.83. The van der Waals surface area contributed by atoms with Crippen molar-refractivity contribution in [1.82, 2.24) is 4.90 Å². The Morgan fingerprint density at radius 2 is 1.86 bits per heavy atom. The Balaban J connectivity index is 1.70. The highest BCUT2D eigenvalue weighted by atomic mass is 79.9. The molecule has 0 atom stereocenters. The maximum Gasteiger partial charge on any atom is 0.294 e. The standard InChI is InChI=1S/C21H20BrN3O3S/c1-13-4-7-15(8-5-13)23-19(26)12-25-20(27)18(29-21(25)28)11-14-6-9-17(24(2)3)16(22)10-14/h4-11H,12H2,1-3H3,(H,23,26). The van der Waals surface area contributed by atoms with Crippen LogP contribution in [0, 0.1) is 6.92 Å². The number of aryl methyl sites for hydroxylation is 1. The van der Waals surface area contributed by atoms with E-state index in [0.29, 0.717) is 10.6 Å². The lowest BCUT2D eigenvalue weighted by molar-refractivity contribution is -0.127. The molecule has 0 aliphatic carbocycles. The van der Waals surface area contributed by atoms with E-state index < -0.39 is 17.1 Å². The number of amides is 3. The van der Waals surface area contributed by atoms with Crippen molar-refractivity contribution in [2.75, 3.05) is 30.9 Å². The highest BCUT2D eigenvalue weighted by Crippen LogP contribution is 2.33. The zero-order valence-electron chi connectivity index (χ0n) is 16.2. The minimum absolute atomic E-state index is 0.294. The molecule has 0 saturated carbocycles. The molecule has 29 heavy (non-hydrogen) atoms. The molecule has 1 saturated heterocycles. The van der Waals surface area contributed by atoms with E-state index in [1.165, 1.54) is 0 Å². The van der Waals surface area contributed by atoms with Gasteiger partial charge in [0.05, 0.1) is 10.6 Å². The zero-order valence-corrected chi connectivity index (χ0v) is 18.6. The van der Waals surface area contributed by atoms with Gasteiger partial charge in [-0.25, -0.2) is 0 Å². The van der Waals surface area contributed by atoms with Gasteiger partial charge in [-0.05, 0) is 70.5 Å². The molecule has 0 bridgehead atoms. The van der Waals surface area contributed by atoms with Crippen LogP contribution in [0.2, 0.25) is 0 Å². The van der Waals surface area contributed by atoms with E-state index in [0.717, 1.165) is 37.9 Å². The van der Waals surface area contributed by atoms with E-state index in [4.69, 9.17) is 0 Å². The van der Waals surface area contributed by atoms with Crippen molar-refractivity contribution in [2.45, 2.75) is 6.92 Å². The molecule has 1 aliphatic heterocycles. The third-order valence-electron chi connectivity index (χ3n) is 4.26. The summed E-state index contributed by atoms with van der Waals surface area (Å²) in [5, 5.41) is 2.25. The van der Waals surface area contributed by atoms with Crippen molar-refractivity contribution >= 4 is 62.2 Å². The van der Waals surface area contributed by atoms with Gasteiger partial charge in [0.1, 0.15) is 6.54 Å². The van der Waals surface area contributed by atoms with Gasteiger partial charge in [0.2, 0.25) is 5.91 Å². The van der Waals surface area contributed by atoms with Crippen molar-refractivity contribution in [3.05, 3.63) is 63.0 Å². The second-order valence-electron chi connectivity index (χ2n) is 6.79. The highest BCUT2D eigenvalue weighted by Gasteiger charge is 2.36. The Kier molecular flexibility index (Phi) is 6.44. The number of thioether (sulfide) groups is 1. The number of halogens is 1. The van der Waals surface area contributed by atoms with Crippen molar-refractivity contribution in [3.63, 3.8) is 0 Å². The van der Waals surface area contributed by atoms with Crippen LogP contribution in [0.5, 0.6) is 0 Å². The Bertz CT molecular complexity index is 1000. The van der Waals surface area contributed by atoms with Crippen LogP contribution in [0.4, 0.5) is 16.2 Å². The molecule has 6 nitrogen and oxygen atoms in total. The van der Waals surface area contributed by atoms with Gasteiger partial charge in [-0.3, -0.25) is 19.3 Å². The fraction of sp³-hybridized carbons (Fsp3) is 0.190. The molecule has 0 aromatic heterocycles. The normalized spacial score (nSPS) is 15.2. The first-order chi connectivity index (χ1) is 13.7. The monoisotopic (exact) mass is 473 g/mol. The predicted octanol–water partition coefficient (Wildman–Crippen LogP) is 4.50. The first kappa shape index (κ1) is 21.1. The number of hydrogen-bond acceptors (Lipinski definition) is 5. The molecular formula is C21H20BrN3O3S. The minimum atomic E-state index is -0.466. The third kappa shape index (κ3) is 5.07. The van der Waals surface area contributed by atoms with E-state index >= 15 is 0 Å². The van der Waals surface area contributed by atoms with Crippen LogP contribution in [-0.2, 0) is 9.59 Å². The van der Waals surface area contributed by atoms with Crippen LogP contribution in [0.3, 0.4) is 0 Å². The van der Waals surface area contributed by atoms with Crippen LogP contribution in [0.15, 0.2) is 51.8 Å². The Morgan fingerprint density at radius 3 is 2.48 bits per heavy atom. The summed E-state index contributed by atoms with van der Waals surface area (Å²) in [7, 11) is 3.87. The van der Waals surface area contributed by atoms with Gasteiger partial charge in [-0.15, -0.1) is 0 Å². The maximum absolute atomic E-state index is 12.6. The number of nitrogens with zero attached hydrogens (tertiary/aromatic N) is 2. The second kappa shape index (κ2) is 8.84. The van der Waals surface area contributed by atoms with Crippen molar-refractivity contribution < 1.29 is 14.4 Å². The minimum Gasteiger partial charge on any atom is -0.377 e. The summed E-state index contributed by atoms with van der Waals surface area (Å²) >= 11 is 4.35. The van der Waals surface area contributed by atoms with Crippen molar-refractivity contribution in [2.24, 2.45) is 0 Å². The van der Waals surface area contributed by atoms with E-state index in [-0.39, 0.29) is 6.54 Å². The molecule has 1 fully saturated rings. The van der Waals surface area contributed by atoms with Crippen LogP contribution in [0.25, 0.3) is 6.08 Å². The fourth-order valence-corrected chi connectivity index (χ4v) is 4.33. The van der Waals surface area contributed by atoms with Crippen molar-refractivity contribution in [3.8, 4) is 0 Å². The number of anilines is 2. The fourth-order valence-electron chi connectivity index (χ4n) is 2.74. The Morgan fingerprint density at radius 1 is 1.17 bits per heavy atom. The van der Waals surface area contributed by atoms with E-state index in [2.05, 4.69) is 21.2 Å². The number of nitrogens with one attached hydrogen (secondary N) is 1. The Hall–Kier alpha value is -2.58. The molecule has 3 amide bonds. The quantitative estimate of drug-likeness (QED) is 0.647. The van der Waals surface area contributed by atoms with Gasteiger partial charge in [-0.1, -0.05) is 23.8 Å². The van der Waals surface area contributed by atoms with Crippen LogP contribution < -0.4 is 10.2 Å². The molecule has 1 N–H and O–H groups in total. The maximum atomic E-state index is 12.6. The summed E-state index contributed by atoms with van der Waals surface area (Å²) in [6.45, 7) is 1.63. The molecule has 2 aromatic carbocycles. The molecule has 3 rings (SSSR count). The lowest BCUT2D eigenvalue weighted by atomic mass is 10.2. The summed E-state index contributed by atoms with van der Waals surface area (Å²) in [5.41, 5.74) is 3.48. The van der Waals surface area contributed by atoms with Gasteiger partial charge < -0.3 is 10.2 Å². The van der Waals surface area contributed by atoms with Gasteiger partial charge in [0, 0.05) is 24.3 Å². The van der Waals surface area contributed by atoms with Gasteiger partial charge in [-0.2, -0.15) is 0 Å². The van der Waals surface area contributed by atoms with E-state index in [9.17, 15) is 14.4 Å². The van der Waals surface area contributed by atoms with Crippen LogP contribution in [-0.4, -0.2) is 42.6 Å². The van der Waals surface area contributed by atoms with E-state index in [1.807, 2.05) is 56.3 Å². The molecule has 0 unspecified atom stereocenters. The summed E-state index contributed by atoms with van der Waals surface area (Å²) in [5.74, 6) is -0.887. The van der Waals surface area contributed by atoms with Crippen LogP contribution >= 0.6 is 27.7 Å². The molecule has 1 heterocycles. The number of carbonyl (C=O) groups excluding carboxylic acids is 3. The molecule has 2 aromatic rings. The average molecular weight is 474 g/mol. The molecule has 150 valence electrons. The van der Waals surface area contributed by atoms with Gasteiger partial charge in [0.25, 0.3) is 11.1 Å². The van der Waals surface area contributed by atoms with Crippen LogP contribution in [0.1, 0.15) is 11.1 Å². The van der Waals surface area contributed by atoms with Crippen molar-refractivity contribution in [1.29, 1.82) is 0 Å². The lowest BCUT2D eigenvalue weighted by Gasteiger charge is -2.14. The second-order valence-corrected chi connectivity index (χ2v) is 8.63. The molecule has 1 aliphatic rings. The molecule has 0 radical (unpaired) electrons. The highest BCUT2D eigenvalue weighted by molar-refractivity contribution is 9.10. The lowest BCUT2D eigenvalue weighted by Crippen LogP contribution is -2.36. The van der Waals surface area contributed by atoms with Gasteiger partial charge >= 0.3 is 0 Å². The zero-order chi connectivity index (χ0) is 21.1. The summed E-state index contributed by atoms with van der Waals surface area (Å²) < 4.78 is 0.882. The summed E-state index contributed by atoms with van der Waals surface area (Å²) in [6.07, 6.45) is 1.66. The average Bonchev–Trinajstić information content (AvgIpc) is 2.91. The first-order valence-corrected chi connectivity index (χ1v) is 10.4. The van der Waals surface area contributed by atoms with Gasteiger partial charge in [0.15, 0.2) is 0 Å². The number of benzene rings is 2. The van der Waals surface area contributed by atoms with E-state index in [1.54, 1.807) is 18.2 Å². The number of carbonyl (C=O) groups is 3. The summed E-state index contributed by atoms with van der Waals surface area (Å²) in [6, 6.07) is 13.0. The molecule has 8 heteroatoms. The Labute approximate surface area is 182 Å². The molecule has 0 spiro atoms. The third-order valence-corrected chi connectivity index (χ3v) is 5.80. The predicted molar refractivity (Wildman–Crippen MR) is 121 cm³/mol. The smallest absolute Gasteiger partial charge is 0.294 e.